The molecule has 2 heteroatoms. The molecule has 0 aromatic heterocycles. The van der Waals surface area contributed by atoms with Crippen LogP contribution in [0.5, 0.6) is 0 Å². The van der Waals surface area contributed by atoms with Crippen LogP contribution in [0.4, 0.5) is 0 Å². The van der Waals surface area contributed by atoms with Gasteiger partial charge in [-0.15, -0.1) is 0 Å². The van der Waals surface area contributed by atoms with E-state index in [0.717, 1.165) is 10.9 Å². The SMILES string of the molecule is OC1(Cc2cccc(Br)c2)C2CCCC21. The van der Waals surface area contributed by atoms with Crippen LogP contribution in [0, 0.1) is 11.8 Å². The summed E-state index contributed by atoms with van der Waals surface area (Å²) in [7, 11) is 0. The molecule has 80 valence electrons. The van der Waals surface area contributed by atoms with Gasteiger partial charge in [0.15, 0.2) is 0 Å². The minimum atomic E-state index is -0.362. The van der Waals surface area contributed by atoms with E-state index in [2.05, 4.69) is 28.1 Å². The summed E-state index contributed by atoms with van der Waals surface area (Å²) >= 11 is 3.47. The summed E-state index contributed by atoms with van der Waals surface area (Å²) < 4.78 is 1.11. The zero-order valence-corrected chi connectivity index (χ0v) is 10.2. The first-order valence-electron chi connectivity index (χ1n) is 5.67. The molecule has 2 saturated carbocycles. The fourth-order valence-electron chi connectivity index (χ4n) is 3.28. The van der Waals surface area contributed by atoms with E-state index in [-0.39, 0.29) is 5.60 Å². The van der Waals surface area contributed by atoms with Gasteiger partial charge in [-0.2, -0.15) is 0 Å². The third kappa shape index (κ3) is 1.55. The van der Waals surface area contributed by atoms with E-state index in [1.807, 2.05) is 12.1 Å². The van der Waals surface area contributed by atoms with E-state index in [1.165, 1.54) is 24.8 Å². The van der Waals surface area contributed by atoms with Gasteiger partial charge >= 0.3 is 0 Å². The van der Waals surface area contributed by atoms with Gasteiger partial charge in [-0.3, -0.25) is 0 Å². The van der Waals surface area contributed by atoms with Gasteiger partial charge in [-0.25, -0.2) is 0 Å². The molecule has 1 N–H and O–H groups in total. The zero-order valence-electron chi connectivity index (χ0n) is 8.62. The third-order valence-corrected chi connectivity index (χ3v) is 4.56. The Labute approximate surface area is 98.6 Å². The Morgan fingerprint density at radius 2 is 2.07 bits per heavy atom. The lowest BCUT2D eigenvalue weighted by Gasteiger charge is -2.14. The Morgan fingerprint density at radius 1 is 1.33 bits per heavy atom. The third-order valence-electron chi connectivity index (χ3n) is 4.07. The van der Waals surface area contributed by atoms with Crippen LogP contribution in [0.15, 0.2) is 28.7 Å². The summed E-state index contributed by atoms with van der Waals surface area (Å²) in [6.07, 6.45) is 4.61. The first-order chi connectivity index (χ1) is 7.20. The van der Waals surface area contributed by atoms with E-state index >= 15 is 0 Å². The van der Waals surface area contributed by atoms with E-state index < -0.39 is 0 Å². The number of hydrogen-bond donors (Lipinski definition) is 1. The molecular formula is C13H15BrO. The van der Waals surface area contributed by atoms with Gasteiger partial charge in [0.2, 0.25) is 0 Å². The lowest BCUT2D eigenvalue weighted by atomic mass is 9.99. The average Bonchev–Trinajstić information content (AvgIpc) is 2.63. The molecule has 2 fully saturated rings. The normalized spacial score (nSPS) is 37.7. The van der Waals surface area contributed by atoms with Crippen molar-refractivity contribution in [2.75, 3.05) is 0 Å². The number of halogens is 1. The van der Waals surface area contributed by atoms with Crippen LogP contribution in [0.25, 0.3) is 0 Å². The summed E-state index contributed by atoms with van der Waals surface area (Å²) in [5, 5.41) is 10.4. The van der Waals surface area contributed by atoms with Gasteiger partial charge in [-0.05, 0) is 42.4 Å². The molecule has 0 saturated heterocycles. The largest absolute Gasteiger partial charge is 0.389 e. The van der Waals surface area contributed by atoms with E-state index in [9.17, 15) is 5.11 Å². The van der Waals surface area contributed by atoms with Crippen LogP contribution in [0.1, 0.15) is 24.8 Å². The van der Waals surface area contributed by atoms with Gasteiger partial charge in [0.1, 0.15) is 0 Å². The minimum Gasteiger partial charge on any atom is -0.389 e. The maximum Gasteiger partial charge on any atom is 0.0751 e. The highest BCUT2D eigenvalue weighted by Gasteiger charge is 2.64. The van der Waals surface area contributed by atoms with Crippen LogP contribution in [-0.2, 0) is 6.42 Å². The molecule has 15 heavy (non-hydrogen) atoms. The van der Waals surface area contributed by atoms with Crippen molar-refractivity contribution in [3.05, 3.63) is 34.3 Å². The lowest BCUT2D eigenvalue weighted by Crippen LogP contribution is -2.19. The van der Waals surface area contributed by atoms with Crippen molar-refractivity contribution in [2.45, 2.75) is 31.3 Å². The fourth-order valence-corrected chi connectivity index (χ4v) is 3.73. The summed E-state index contributed by atoms with van der Waals surface area (Å²) in [5.41, 5.74) is 0.889. The van der Waals surface area contributed by atoms with E-state index in [0.29, 0.717) is 11.8 Å². The van der Waals surface area contributed by atoms with Crippen molar-refractivity contribution in [3.8, 4) is 0 Å². The first kappa shape index (κ1) is 9.86. The van der Waals surface area contributed by atoms with Crippen molar-refractivity contribution in [1.82, 2.24) is 0 Å². The van der Waals surface area contributed by atoms with Crippen molar-refractivity contribution in [3.63, 3.8) is 0 Å². The molecule has 2 unspecified atom stereocenters. The van der Waals surface area contributed by atoms with Crippen LogP contribution in [-0.4, -0.2) is 10.7 Å². The van der Waals surface area contributed by atoms with Gasteiger partial charge in [0, 0.05) is 10.9 Å². The highest BCUT2D eigenvalue weighted by molar-refractivity contribution is 9.10. The predicted molar refractivity (Wildman–Crippen MR) is 63.6 cm³/mol. The van der Waals surface area contributed by atoms with Gasteiger partial charge in [-0.1, -0.05) is 34.5 Å². The first-order valence-corrected chi connectivity index (χ1v) is 6.46. The molecule has 0 heterocycles. The summed E-state index contributed by atoms with van der Waals surface area (Å²) in [6, 6.07) is 8.30. The Bertz CT molecular complexity index is 378. The Hall–Kier alpha value is -0.340. The van der Waals surface area contributed by atoms with Crippen molar-refractivity contribution in [1.29, 1.82) is 0 Å². The molecule has 2 aliphatic rings. The maximum absolute atomic E-state index is 10.4. The molecule has 1 aromatic carbocycles. The summed E-state index contributed by atoms with van der Waals surface area (Å²) in [4.78, 5) is 0. The highest BCUT2D eigenvalue weighted by atomic mass is 79.9. The number of fused-ring (bicyclic) bond motifs is 1. The lowest BCUT2D eigenvalue weighted by molar-refractivity contribution is 0.107. The Morgan fingerprint density at radius 3 is 2.73 bits per heavy atom. The molecule has 1 nitrogen and oxygen atoms in total. The molecule has 0 radical (unpaired) electrons. The zero-order chi connectivity index (χ0) is 10.5. The summed E-state index contributed by atoms with van der Waals surface area (Å²) in [6.45, 7) is 0. The highest BCUT2D eigenvalue weighted by Crippen LogP contribution is 2.61. The number of hydrogen-bond acceptors (Lipinski definition) is 1. The number of rotatable bonds is 2. The van der Waals surface area contributed by atoms with Crippen molar-refractivity contribution < 1.29 is 5.11 Å². The van der Waals surface area contributed by atoms with E-state index in [4.69, 9.17) is 0 Å². The number of aliphatic hydroxyl groups is 1. The summed E-state index contributed by atoms with van der Waals surface area (Å²) in [5.74, 6) is 1.19. The Kier molecular flexibility index (Phi) is 2.18. The second-order valence-electron chi connectivity index (χ2n) is 4.94. The topological polar surface area (TPSA) is 20.2 Å². The van der Waals surface area contributed by atoms with Crippen LogP contribution < -0.4 is 0 Å². The second kappa shape index (κ2) is 3.33. The molecule has 0 aliphatic heterocycles. The van der Waals surface area contributed by atoms with Crippen LogP contribution in [0.3, 0.4) is 0 Å². The molecule has 0 amide bonds. The molecular weight excluding hydrogens is 252 g/mol. The monoisotopic (exact) mass is 266 g/mol. The molecule has 1 aromatic rings. The molecule has 0 spiro atoms. The van der Waals surface area contributed by atoms with Crippen molar-refractivity contribution in [2.24, 2.45) is 11.8 Å². The van der Waals surface area contributed by atoms with Crippen LogP contribution >= 0.6 is 15.9 Å². The van der Waals surface area contributed by atoms with E-state index in [1.54, 1.807) is 0 Å². The molecule has 3 rings (SSSR count). The van der Waals surface area contributed by atoms with Crippen LogP contribution in [0.2, 0.25) is 0 Å². The minimum absolute atomic E-state index is 0.362. The number of benzene rings is 1. The Balaban J connectivity index is 1.76. The standard InChI is InChI=1S/C13H15BrO/c14-10-4-1-3-9(7-10)8-13(15)11-5-2-6-12(11)13/h1,3-4,7,11-12,15H,2,5-6,8H2. The molecule has 2 aliphatic carbocycles. The van der Waals surface area contributed by atoms with Gasteiger partial charge in [0.25, 0.3) is 0 Å². The fraction of sp³-hybridized carbons (Fsp3) is 0.538. The quantitative estimate of drug-likeness (QED) is 0.872. The molecule has 0 bridgehead atoms. The predicted octanol–water partition coefficient (Wildman–Crippen LogP) is 3.15. The maximum atomic E-state index is 10.4. The molecule has 2 atom stereocenters. The van der Waals surface area contributed by atoms with Crippen molar-refractivity contribution >= 4 is 15.9 Å². The smallest absolute Gasteiger partial charge is 0.0751 e. The average molecular weight is 267 g/mol. The van der Waals surface area contributed by atoms with Gasteiger partial charge < -0.3 is 5.11 Å². The second-order valence-corrected chi connectivity index (χ2v) is 5.86. The van der Waals surface area contributed by atoms with Gasteiger partial charge in [0.05, 0.1) is 5.60 Å².